The van der Waals surface area contributed by atoms with Crippen molar-refractivity contribution in [1.82, 2.24) is 5.32 Å². The van der Waals surface area contributed by atoms with Crippen LogP contribution in [0.15, 0.2) is 0 Å². The van der Waals surface area contributed by atoms with E-state index in [4.69, 9.17) is 9.47 Å². The maximum Gasteiger partial charge on any atom is 0.0729 e. The lowest BCUT2D eigenvalue weighted by Gasteiger charge is -2.19. The lowest BCUT2D eigenvalue weighted by atomic mass is 10.2. The van der Waals surface area contributed by atoms with Gasteiger partial charge in [-0.3, -0.25) is 0 Å². The predicted octanol–water partition coefficient (Wildman–Crippen LogP) is 1.18. The Kier molecular flexibility index (Phi) is 5.35. The van der Waals surface area contributed by atoms with Crippen LogP contribution in [0.2, 0.25) is 0 Å². The Morgan fingerprint density at radius 2 is 2.15 bits per heavy atom. The summed E-state index contributed by atoms with van der Waals surface area (Å²) in [5.41, 5.74) is 0. The summed E-state index contributed by atoms with van der Waals surface area (Å²) in [7, 11) is 2.01. The fraction of sp³-hybridized carbons (Fsp3) is 1.00. The van der Waals surface area contributed by atoms with E-state index in [0.717, 1.165) is 19.8 Å². The molecular formula is C10H21NO2. The van der Waals surface area contributed by atoms with E-state index in [1.54, 1.807) is 0 Å². The first-order valence-electron chi connectivity index (χ1n) is 5.25. The normalized spacial score (nSPS) is 28.2. The summed E-state index contributed by atoms with van der Waals surface area (Å²) in [5.74, 6) is 0. The molecule has 0 aromatic carbocycles. The summed E-state index contributed by atoms with van der Waals surface area (Å²) in [6.07, 6.45) is 4.13. The van der Waals surface area contributed by atoms with Gasteiger partial charge in [0.15, 0.2) is 0 Å². The van der Waals surface area contributed by atoms with Crippen LogP contribution < -0.4 is 5.32 Å². The van der Waals surface area contributed by atoms with Crippen LogP contribution in [0.4, 0.5) is 0 Å². The lowest BCUT2D eigenvalue weighted by Crippen LogP contribution is -2.35. The summed E-state index contributed by atoms with van der Waals surface area (Å²) in [4.78, 5) is 0. The second-order valence-electron chi connectivity index (χ2n) is 3.43. The van der Waals surface area contributed by atoms with Gasteiger partial charge < -0.3 is 14.8 Å². The Morgan fingerprint density at radius 3 is 2.85 bits per heavy atom. The molecule has 0 aliphatic heterocycles. The van der Waals surface area contributed by atoms with Crippen LogP contribution in [0.1, 0.15) is 26.2 Å². The summed E-state index contributed by atoms with van der Waals surface area (Å²) < 4.78 is 10.9. The molecule has 0 heterocycles. The van der Waals surface area contributed by atoms with Crippen molar-refractivity contribution in [2.24, 2.45) is 0 Å². The van der Waals surface area contributed by atoms with Crippen LogP contribution in [-0.4, -0.2) is 39.0 Å². The second kappa shape index (κ2) is 6.35. The minimum atomic E-state index is 0.408. The quantitative estimate of drug-likeness (QED) is 0.633. The molecule has 0 amide bonds. The standard InChI is InChI=1S/C10H21NO2/c1-3-12-7-8-13-10-6-4-5-9(10)11-2/h9-11H,3-8H2,1-2H3. The van der Waals surface area contributed by atoms with Gasteiger partial charge in [0.05, 0.1) is 19.3 Å². The van der Waals surface area contributed by atoms with Crippen molar-refractivity contribution in [1.29, 1.82) is 0 Å². The molecule has 1 aliphatic rings. The minimum absolute atomic E-state index is 0.408. The predicted molar refractivity (Wildman–Crippen MR) is 52.9 cm³/mol. The van der Waals surface area contributed by atoms with Gasteiger partial charge in [-0.15, -0.1) is 0 Å². The molecule has 1 N–H and O–H groups in total. The first kappa shape index (κ1) is 11.0. The maximum atomic E-state index is 5.72. The number of nitrogens with one attached hydrogen (secondary N) is 1. The average molecular weight is 187 g/mol. The largest absolute Gasteiger partial charge is 0.379 e. The zero-order valence-electron chi connectivity index (χ0n) is 8.71. The monoisotopic (exact) mass is 187 g/mol. The van der Waals surface area contributed by atoms with E-state index in [1.807, 2.05) is 14.0 Å². The van der Waals surface area contributed by atoms with E-state index in [-0.39, 0.29) is 0 Å². The minimum Gasteiger partial charge on any atom is -0.379 e. The third-order valence-electron chi connectivity index (χ3n) is 2.59. The second-order valence-corrected chi connectivity index (χ2v) is 3.43. The molecule has 0 aromatic rings. The Balaban J connectivity index is 2.06. The van der Waals surface area contributed by atoms with Crippen LogP contribution in [0.5, 0.6) is 0 Å². The molecule has 2 atom stereocenters. The fourth-order valence-corrected chi connectivity index (χ4v) is 1.86. The molecule has 0 bridgehead atoms. The Morgan fingerprint density at radius 1 is 1.31 bits per heavy atom. The molecule has 2 unspecified atom stereocenters. The maximum absolute atomic E-state index is 5.72. The molecule has 78 valence electrons. The summed E-state index contributed by atoms with van der Waals surface area (Å²) in [6.45, 7) is 4.25. The Bertz CT molecular complexity index is 130. The van der Waals surface area contributed by atoms with Gasteiger partial charge in [-0.05, 0) is 33.2 Å². The summed E-state index contributed by atoms with van der Waals surface area (Å²) in [5, 5.41) is 3.29. The number of ether oxygens (including phenoxy) is 2. The highest BCUT2D eigenvalue weighted by atomic mass is 16.5. The van der Waals surface area contributed by atoms with E-state index >= 15 is 0 Å². The van der Waals surface area contributed by atoms with E-state index in [0.29, 0.717) is 12.1 Å². The lowest BCUT2D eigenvalue weighted by molar-refractivity contribution is 0.000642. The SMILES string of the molecule is CCOCCOC1CCCC1NC. The highest BCUT2D eigenvalue weighted by molar-refractivity contribution is 4.82. The van der Waals surface area contributed by atoms with Crippen molar-refractivity contribution in [2.45, 2.75) is 38.3 Å². The van der Waals surface area contributed by atoms with Crippen molar-refractivity contribution in [3.8, 4) is 0 Å². The Labute approximate surface area is 80.8 Å². The van der Waals surface area contributed by atoms with Gasteiger partial charge in [0.2, 0.25) is 0 Å². The average Bonchev–Trinajstić information content (AvgIpc) is 2.60. The zero-order valence-corrected chi connectivity index (χ0v) is 8.71. The first-order valence-corrected chi connectivity index (χ1v) is 5.25. The van der Waals surface area contributed by atoms with Crippen LogP contribution in [0.3, 0.4) is 0 Å². The number of likely N-dealkylation sites (N-methyl/N-ethyl adjacent to an activating group) is 1. The molecule has 0 aromatic heterocycles. The van der Waals surface area contributed by atoms with Crippen LogP contribution in [-0.2, 0) is 9.47 Å². The van der Waals surface area contributed by atoms with Crippen molar-refractivity contribution in [3.05, 3.63) is 0 Å². The topological polar surface area (TPSA) is 30.5 Å². The Hall–Kier alpha value is -0.120. The molecule has 0 saturated heterocycles. The molecule has 0 spiro atoms. The number of rotatable bonds is 6. The smallest absolute Gasteiger partial charge is 0.0729 e. The fourth-order valence-electron chi connectivity index (χ4n) is 1.86. The van der Waals surface area contributed by atoms with Crippen molar-refractivity contribution < 1.29 is 9.47 Å². The highest BCUT2D eigenvalue weighted by Crippen LogP contribution is 2.21. The van der Waals surface area contributed by atoms with Gasteiger partial charge in [-0.2, -0.15) is 0 Å². The van der Waals surface area contributed by atoms with Gasteiger partial charge in [0, 0.05) is 12.6 Å². The molecule has 1 fully saturated rings. The van der Waals surface area contributed by atoms with Crippen LogP contribution in [0.25, 0.3) is 0 Å². The molecule has 13 heavy (non-hydrogen) atoms. The van der Waals surface area contributed by atoms with E-state index < -0.39 is 0 Å². The van der Waals surface area contributed by atoms with Crippen molar-refractivity contribution >= 4 is 0 Å². The van der Waals surface area contributed by atoms with Crippen LogP contribution >= 0.6 is 0 Å². The van der Waals surface area contributed by atoms with Gasteiger partial charge in [-0.1, -0.05) is 0 Å². The summed E-state index contributed by atoms with van der Waals surface area (Å²) in [6, 6.07) is 0.557. The number of hydrogen-bond acceptors (Lipinski definition) is 3. The summed E-state index contributed by atoms with van der Waals surface area (Å²) >= 11 is 0. The van der Waals surface area contributed by atoms with Crippen molar-refractivity contribution in [2.75, 3.05) is 26.9 Å². The molecule has 3 heteroatoms. The third-order valence-corrected chi connectivity index (χ3v) is 2.59. The van der Waals surface area contributed by atoms with E-state index in [1.165, 1.54) is 19.3 Å². The van der Waals surface area contributed by atoms with Gasteiger partial charge in [0.1, 0.15) is 0 Å². The third kappa shape index (κ3) is 3.63. The van der Waals surface area contributed by atoms with Crippen molar-refractivity contribution in [3.63, 3.8) is 0 Å². The zero-order chi connectivity index (χ0) is 9.52. The van der Waals surface area contributed by atoms with Crippen LogP contribution in [0, 0.1) is 0 Å². The molecule has 1 rings (SSSR count). The molecule has 1 aliphatic carbocycles. The molecule has 0 radical (unpaired) electrons. The first-order chi connectivity index (χ1) is 6.38. The molecule has 3 nitrogen and oxygen atoms in total. The van der Waals surface area contributed by atoms with Gasteiger partial charge >= 0.3 is 0 Å². The molecular weight excluding hydrogens is 166 g/mol. The van der Waals surface area contributed by atoms with E-state index in [9.17, 15) is 0 Å². The molecule has 1 saturated carbocycles. The van der Waals surface area contributed by atoms with Gasteiger partial charge in [0.25, 0.3) is 0 Å². The highest BCUT2D eigenvalue weighted by Gasteiger charge is 2.25. The van der Waals surface area contributed by atoms with E-state index in [2.05, 4.69) is 5.32 Å². The van der Waals surface area contributed by atoms with Gasteiger partial charge in [-0.25, -0.2) is 0 Å². The number of hydrogen-bond donors (Lipinski definition) is 1.